The highest BCUT2D eigenvalue weighted by atomic mass is 35.5. The lowest BCUT2D eigenvalue weighted by atomic mass is 10.1. The van der Waals surface area contributed by atoms with E-state index in [1.54, 1.807) is 17.0 Å². The maximum absolute atomic E-state index is 13.9. The second kappa shape index (κ2) is 6.32. The molecule has 0 bridgehead atoms. The third kappa shape index (κ3) is 3.38. The average Bonchev–Trinajstić information content (AvgIpc) is 3.32. The fraction of sp³-hybridized carbons (Fsp3) is 0.562. The Hall–Kier alpha value is -1.13. The molecule has 0 unspecified atom stereocenters. The van der Waals surface area contributed by atoms with Gasteiger partial charge in [-0.05, 0) is 44.2 Å². The summed E-state index contributed by atoms with van der Waals surface area (Å²) in [7, 11) is 0. The predicted octanol–water partition coefficient (Wildman–Crippen LogP) is 3.54. The summed E-state index contributed by atoms with van der Waals surface area (Å²) < 4.78 is 19.5. The molecule has 1 aromatic rings. The van der Waals surface area contributed by atoms with Gasteiger partial charge in [0.15, 0.2) is 0 Å². The first-order valence-corrected chi connectivity index (χ1v) is 7.89. The van der Waals surface area contributed by atoms with Crippen LogP contribution >= 0.6 is 11.6 Å². The van der Waals surface area contributed by atoms with E-state index >= 15 is 0 Å². The molecule has 1 atom stereocenters. The van der Waals surface area contributed by atoms with Gasteiger partial charge in [0.1, 0.15) is 11.9 Å². The Morgan fingerprint density at radius 2 is 2.14 bits per heavy atom. The largest absolute Gasteiger partial charge is 0.368 e. The molecule has 114 valence electrons. The zero-order valence-corrected chi connectivity index (χ0v) is 12.6. The molecule has 0 spiro atoms. The molecule has 1 saturated heterocycles. The van der Waals surface area contributed by atoms with Crippen molar-refractivity contribution >= 4 is 17.5 Å². The molecule has 21 heavy (non-hydrogen) atoms. The third-order valence-electron chi connectivity index (χ3n) is 4.12. The van der Waals surface area contributed by atoms with Crippen LogP contribution in [0.2, 0.25) is 5.02 Å². The maximum Gasteiger partial charge on any atom is 0.252 e. The molecule has 1 aliphatic carbocycles. The van der Waals surface area contributed by atoms with Gasteiger partial charge in [-0.25, -0.2) is 4.39 Å². The van der Waals surface area contributed by atoms with Gasteiger partial charge < -0.3 is 9.64 Å². The van der Waals surface area contributed by atoms with Crippen molar-refractivity contribution in [2.24, 2.45) is 0 Å². The SMILES string of the molecule is O=C([C@@H]1CCCCO1)N(Cc1c(F)cccc1Cl)C1CC1. The minimum atomic E-state index is -0.370. The number of rotatable bonds is 4. The van der Waals surface area contributed by atoms with E-state index in [9.17, 15) is 9.18 Å². The van der Waals surface area contributed by atoms with Gasteiger partial charge in [0.25, 0.3) is 5.91 Å². The predicted molar refractivity (Wildman–Crippen MR) is 78.6 cm³/mol. The van der Waals surface area contributed by atoms with E-state index in [0.717, 1.165) is 32.1 Å². The van der Waals surface area contributed by atoms with Crippen LogP contribution in [0.15, 0.2) is 18.2 Å². The van der Waals surface area contributed by atoms with Gasteiger partial charge in [0, 0.05) is 23.2 Å². The van der Waals surface area contributed by atoms with Crippen LogP contribution in [0.1, 0.15) is 37.7 Å². The monoisotopic (exact) mass is 311 g/mol. The summed E-state index contributed by atoms with van der Waals surface area (Å²) in [6, 6.07) is 4.83. The van der Waals surface area contributed by atoms with Gasteiger partial charge in [-0.1, -0.05) is 17.7 Å². The van der Waals surface area contributed by atoms with Crippen LogP contribution in [0.25, 0.3) is 0 Å². The van der Waals surface area contributed by atoms with Crippen molar-refractivity contribution in [2.45, 2.75) is 50.8 Å². The molecule has 1 aromatic carbocycles. The Balaban J connectivity index is 1.77. The second-order valence-corrected chi connectivity index (χ2v) is 6.16. The molecule has 1 amide bonds. The van der Waals surface area contributed by atoms with Gasteiger partial charge in [0.2, 0.25) is 0 Å². The van der Waals surface area contributed by atoms with Gasteiger partial charge >= 0.3 is 0 Å². The van der Waals surface area contributed by atoms with Gasteiger partial charge in [0.05, 0.1) is 6.54 Å². The summed E-state index contributed by atoms with van der Waals surface area (Å²) in [6.07, 6.45) is 4.36. The molecule has 0 radical (unpaired) electrons. The molecule has 2 fully saturated rings. The Morgan fingerprint density at radius 3 is 2.76 bits per heavy atom. The van der Waals surface area contributed by atoms with Gasteiger partial charge in [-0.3, -0.25) is 4.79 Å². The number of hydrogen-bond donors (Lipinski definition) is 0. The van der Waals surface area contributed by atoms with E-state index in [2.05, 4.69) is 0 Å². The minimum Gasteiger partial charge on any atom is -0.368 e. The quantitative estimate of drug-likeness (QED) is 0.851. The highest BCUT2D eigenvalue weighted by molar-refractivity contribution is 6.31. The van der Waals surface area contributed by atoms with E-state index in [0.29, 0.717) is 17.2 Å². The number of carbonyl (C=O) groups is 1. The molecule has 0 N–H and O–H groups in total. The van der Waals surface area contributed by atoms with E-state index < -0.39 is 0 Å². The van der Waals surface area contributed by atoms with E-state index in [1.807, 2.05) is 0 Å². The molecule has 3 rings (SSSR count). The molecular formula is C16H19ClFNO2. The number of ether oxygens (including phenoxy) is 1. The number of hydrogen-bond acceptors (Lipinski definition) is 2. The lowest BCUT2D eigenvalue weighted by Crippen LogP contribution is -2.42. The summed E-state index contributed by atoms with van der Waals surface area (Å²) in [6.45, 7) is 0.865. The number of benzene rings is 1. The first-order chi connectivity index (χ1) is 10.2. The number of amides is 1. The average molecular weight is 312 g/mol. The van der Waals surface area contributed by atoms with Crippen molar-refractivity contribution in [3.8, 4) is 0 Å². The van der Waals surface area contributed by atoms with Crippen LogP contribution in [0, 0.1) is 5.82 Å². The highest BCUT2D eigenvalue weighted by Gasteiger charge is 2.37. The van der Waals surface area contributed by atoms with Crippen molar-refractivity contribution in [1.82, 2.24) is 4.90 Å². The molecule has 1 heterocycles. The summed E-state index contributed by atoms with van der Waals surface area (Å²) in [4.78, 5) is 14.4. The lowest BCUT2D eigenvalue weighted by molar-refractivity contribution is -0.147. The Labute approximate surface area is 129 Å². The summed E-state index contributed by atoms with van der Waals surface area (Å²) in [5.74, 6) is -0.373. The first kappa shape index (κ1) is 14.8. The maximum atomic E-state index is 13.9. The number of carbonyl (C=O) groups excluding carboxylic acids is 1. The molecule has 0 aromatic heterocycles. The standard InChI is InChI=1S/C16H19ClFNO2/c17-13-4-3-5-14(18)12(13)10-19(11-7-8-11)16(20)15-6-1-2-9-21-15/h3-5,11,15H,1-2,6-10H2/t15-/m0/s1. The zero-order valence-electron chi connectivity index (χ0n) is 11.9. The van der Waals surface area contributed by atoms with Crippen LogP contribution in [0.5, 0.6) is 0 Å². The second-order valence-electron chi connectivity index (χ2n) is 5.75. The minimum absolute atomic E-state index is 0.0171. The Kier molecular flexibility index (Phi) is 4.45. The van der Waals surface area contributed by atoms with Crippen LogP contribution in [-0.2, 0) is 16.1 Å². The fourth-order valence-corrected chi connectivity index (χ4v) is 2.97. The third-order valence-corrected chi connectivity index (χ3v) is 4.47. The highest BCUT2D eigenvalue weighted by Crippen LogP contribution is 2.32. The summed E-state index contributed by atoms with van der Waals surface area (Å²) in [5, 5.41) is 0.373. The van der Waals surface area contributed by atoms with Crippen LogP contribution < -0.4 is 0 Å². The Morgan fingerprint density at radius 1 is 1.33 bits per heavy atom. The summed E-state index contributed by atoms with van der Waals surface area (Å²) in [5.41, 5.74) is 0.398. The smallest absolute Gasteiger partial charge is 0.252 e. The molecule has 1 saturated carbocycles. The number of halogens is 2. The fourth-order valence-electron chi connectivity index (χ4n) is 2.75. The summed E-state index contributed by atoms with van der Waals surface area (Å²) >= 11 is 6.08. The van der Waals surface area contributed by atoms with Crippen molar-refractivity contribution in [3.63, 3.8) is 0 Å². The van der Waals surface area contributed by atoms with E-state index in [4.69, 9.17) is 16.3 Å². The van der Waals surface area contributed by atoms with Crippen LogP contribution in [-0.4, -0.2) is 29.6 Å². The molecule has 5 heteroatoms. The van der Waals surface area contributed by atoms with Gasteiger partial charge in [-0.15, -0.1) is 0 Å². The topological polar surface area (TPSA) is 29.5 Å². The molecule has 3 nitrogen and oxygen atoms in total. The van der Waals surface area contributed by atoms with Crippen molar-refractivity contribution < 1.29 is 13.9 Å². The first-order valence-electron chi connectivity index (χ1n) is 7.52. The van der Waals surface area contributed by atoms with Gasteiger partial charge in [-0.2, -0.15) is 0 Å². The van der Waals surface area contributed by atoms with E-state index in [-0.39, 0.29) is 30.4 Å². The Bertz CT molecular complexity index is 507. The zero-order chi connectivity index (χ0) is 14.8. The van der Waals surface area contributed by atoms with E-state index in [1.165, 1.54) is 6.07 Å². The number of nitrogens with zero attached hydrogens (tertiary/aromatic N) is 1. The lowest BCUT2D eigenvalue weighted by Gasteiger charge is -2.30. The van der Waals surface area contributed by atoms with Crippen LogP contribution in [0.3, 0.4) is 0 Å². The van der Waals surface area contributed by atoms with Crippen molar-refractivity contribution in [1.29, 1.82) is 0 Å². The molecule has 2 aliphatic rings. The van der Waals surface area contributed by atoms with Crippen molar-refractivity contribution in [3.05, 3.63) is 34.6 Å². The van der Waals surface area contributed by atoms with Crippen molar-refractivity contribution in [2.75, 3.05) is 6.61 Å². The van der Waals surface area contributed by atoms with Crippen LogP contribution in [0.4, 0.5) is 4.39 Å². The molecule has 1 aliphatic heterocycles. The molecular weight excluding hydrogens is 293 g/mol. The normalized spacial score (nSPS) is 22.1.